The van der Waals surface area contributed by atoms with Gasteiger partial charge in [-0.25, -0.2) is 17.6 Å². The summed E-state index contributed by atoms with van der Waals surface area (Å²) < 4.78 is 61.4. The summed E-state index contributed by atoms with van der Waals surface area (Å²) in [7, 11) is 0. The summed E-state index contributed by atoms with van der Waals surface area (Å²) in [4.78, 5) is 15.2. The Hall–Kier alpha value is -2.59. The van der Waals surface area contributed by atoms with Gasteiger partial charge in [-0.1, -0.05) is 11.6 Å². The Balaban J connectivity index is 1.61. The van der Waals surface area contributed by atoms with Gasteiger partial charge in [0.05, 0.1) is 6.10 Å². The van der Waals surface area contributed by atoms with Gasteiger partial charge in [0.2, 0.25) is 0 Å². The van der Waals surface area contributed by atoms with Crippen LogP contribution in [0.1, 0.15) is 24.2 Å². The van der Waals surface area contributed by atoms with Crippen molar-refractivity contribution in [3.8, 4) is 5.75 Å². The Labute approximate surface area is 192 Å². The first-order chi connectivity index (χ1) is 15.1. The minimum atomic E-state index is -1.64. The van der Waals surface area contributed by atoms with Crippen molar-refractivity contribution >= 4 is 40.5 Å². The predicted molar refractivity (Wildman–Crippen MR) is 117 cm³/mol. The topological polar surface area (TPSA) is 44.8 Å². The van der Waals surface area contributed by atoms with Crippen LogP contribution >= 0.6 is 23.8 Å². The molecule has 0 radical (unpaired) electrons. The Kier molecular flexibility index (Phi) is 7.45. The van der Waals surface area contributed by atoms with Gasteiger partial charge < -0.3 is 14.5 Å². The smallest absolute Gasteiger partial charge is 0.257 e. The van der Waals surface area contributed by atoms with Crippen molar-refractivity contribution < 1.29 is 27.1 Å². The van der Waals surface area contributed by atoms with Gasteiger partial charge in [0.15, 0.2) is 28.4 Å². The van der Waals surface area contributed by atoms with Crippen molar-refractivity contribution in [3.05, 3.63) is 58.1 Å². The molecule has 0 aliphatic carbocycles. The molecule has 1 heterocycles. The fraction of sp³-hybridized carbons (Fsp3) is 0.333. The van der Waals surface area contributed by atoms with Crippen LogP contribution in [-0.2, 0) is 0 Å². The molecule has 1 amide bonds. The number of carbonyl (C=O) groups excluding carboxylic acids is 1. The lowest BCUT2D eigenvalue weighted by atomic mass is 10.2. The largest absolute Gasteiger partial charge is 0.491 e. The number of nitrogens with zero attached hydrogens (tertiary/aromatic N) is 2. The monoisotopic (exact) mass is 489 g/mol. The zero-order valence-electron chi connectivity index (χ0n) is 17.2. The molecule has 1 N–H and O–H groups in total. The standard InChI is InChI=1S/C21H20ClF4N3O2S/c1-11(2)31-13-5-3-12(4-6-13)20(30)27-21(32)29-9-7-28(8-10-29)19-17(25)15(23)14(22)16(24)18(19)26/h3-6,11H,7-10H2,1-2H3,(H,27,30,32). The maximum atomic E-state index is 14.2. The first-order valence-electron chi connectivity index (χ1n) is 9.73. The summed E-state index contributed by atoms with van der Waals surface area (Å²) in [5.74, 6) is -6.19. The van der Waals surface area contributed by atoms with E-state index in [0.717, 1.165) is 0 Å². The number of carbonyl (C=O) groups is 1. The van der Waals surface area contributed by atoms with E-state index >= 15 is 0 Å². The maximum absolute atomic E-state index is 14.2. The minimum absolute atomic E-state index is 0.00345. The number of amides is 1. The fourth-order valence-corrected chi connectivity index (χ4v) is 3.65. The van der Waals surface area contributed by atoms with Crippen LogP contribution in [0.15, 0.2) is 24.3 Å². The van der Waals surface area contributed by atoms with Crippen molar-refractivity contribution in [1.29, 1.82) is 0 Å². The van der Waals surface area contributed by atoms with E-state index in [1.807, 2.05) is 13.8 Å². The number of halogens is 5. The van der Waals surface area contributed by atoms with Crippen molar-refractivity contribution in [2.75, 3.05) is 31.1 Å². The van der Waals surface area contributed by atoms with Crippen LogP contribution in [0.4, 0.5) is 23.2 Å². The molecule has 1 aliphatic rings. The SMILES string of the molecule is CC(C)Oc1ccc(C(=O)NC(=S)N2CCN(c3c(F)c(F)c(Cl)c(F)c3F)CC2)cc1. The van der Waals surface area contributed by atoms with E-state index in [2.05, 4.69) is 5.32 Å². The quantitative estimate of drug-likeness (QED) is 0.296. The predicted octanol–water partition coefficient (Wildman–Crippen LogP) is 4.52. The molecular formula is C21H20ClF4N3O2S. The molecule has 1 saturated heterocycles. The molecule has 0 spiro atoms. The van der Waals surface area contributed by atoms with E-state index in [-0.39, 0.29) is 37.4 Å². The number of rotatable bonds is 4. The second kappa shape index (κ2) is 9.91. The molecule has 0 atom stereocenters. The van der Waals surface area contributed by atoms with E-state index < -0.39 is 39.9 Å². The molecule has 2 aromatic carbocycles. The summed E-state index contributed by atoms with van der Waals surface area (Å²) in [6.45, 7) is 4.16. The molecule has 0 saturated carbocycles. The van der Waals surface area contributed by atoms with Gasteiger partial charge >= 0.3 is 0 Å². The molecule has 172 valence electrons. The molecule has 1 aliphatic heterocycles. The molecule has 3 rings (SSSR count). The van der Waals surface area contributed by atoms with Gasteiger partial charge in [-0.05, 0) is 50.3 Å². The first-order valence-corrected chi connectivity index (χ1v) is 10.5. The highest BCUT2D eigenvalue weighted by molar-refractivity contribution is 7.80. The number of benzene rings is 2. The van der Waals surface area contributed by atoms with Crippen LogP contribution in [0.2, 0.25) is 5.02 Å². The summed E-state index contributed by atoms with van der Waals surface area (Å²) in [6, 6.07) is 6.54. The highest BCUT2D eigenvalue weighted by atomic mass is 35.5. The van der Waals surface area contributed by atoms with Crippen LogP contribution in [0.3, 0.4) is 0 Å². The van der Waals surface area contributed by atoms with Crippen molar-refractivity contribution in [1.82, 2.24) is 10.2 Å². The number of hydrogen-bond donors (Lipinski definition) is 1. The van der Waals surface area contributed by atoms with Gasteiger partial charge in [-0.3, -0.25) is 10.1 Å². The average molecular weight is 490 g/mol. The van der Waals surface area contributed by atoms with Crippen molar-refractivity contribution in [3.63, 3.8) is 0 Å². The lowest BCUT2D eigenvalue weighted by Crippen LogP contribution is -2.53. The highest BCUT2D eigenvalue weighted by Gasteiger charge is 2.30. The lowest BCUT2D eigenvalue weighted by molar-refractivity contribution is 0.0973. The summed E-state index contributed by atoms with van der Waals surface area (Å²) in [5, 5.41) is 1.51. The Morgan fingerprint density at radius 1 is 1.00 bits per heavy atom. The second-order valence-electron chi connectivity index (χ2n) is 7.34. The average Bonchev–Trinajstić information content (AvgIpc) is 2.77. The van der Waals surface area contributed by atoms with E-state index in [9.17, 15) is 22.4 Å². The summed E-state index contributed by atoms with van der Waals surface area (Å²) in [6.07, 6.45) is 0.00345. The van der Waals surface area contributed by atoms with Gasteiger partial charge in [0, 0.05) is 31.7 Å². The van der Waals surface area contributed by atoms with Crippen LogP contribution in [0, 0.1) is 23.3 Å². The van der Waals surface area contributed by atoms with Gasteiger partial charge in [-0.2, -0.15) is 0 Å². The maximum Gasteiger partial charge on any atom is 0.257 e. The zero-order valence-corrected chi connectivity index (χ0v) is 18.8. The number of anilines is 1. The Morgan fingerprint density at radius 3 is 2.03 bits per heavy atom. The zero-order chi connectivity index (χ0) is 23.6. The number of nitrogens with one attached hydrogen (secondary N) is 1. The molecule has 32 heavy (non-hydrogen) atoms. The fourth-order valence-electron chi connectivity index (χ4n) is 3.21. The van der Waals surface area contributed by atoms with Crippen LogP contribution in [0.5, 0.6) is 5.75 Å². The lowest BCUT2D eigenvalue weighted by Gasteiger charge is -2.37. The van der Waals surface area contributed by atoms with Gasteiger partial charge in [-0.15, -0.1) is 0 Å². The summed E-state index contributed by atoms with van der Waals surface area (Å²) in [5.41, 5.74) is -0.443. The minimum Gasteiger partial charge on any atom is -0.491 e. The Morgan fingerprint density at radius 2 is 1.53 bits per heavy atom. The number of thiocarbonyl (C=S) groups is 1. The van der Waals surface area contributed by atoms with E-state index in [0.29, 0.717) is 11.3 Å². The van der Waals surface area contributed by atoms with Crippen molar-refractivity contribution in [2.24, 2.45) is 0 Å². The molecule has 0 aromatic heterocycles. The molecule has 5 nitrogen and oxygen atoms in total. The molecule has 0 unspecified atom stereocenters. The van der Waals surface area contributed by atoms with Gasteiger partial charge in [0.1, 0.15) is 16.5 Å². The third-order valence-electron chi connectivity index (χ3n) is 4.78. The van der Waals surface area contributed by atoms with E-state index in [1.165, 1.54) is 4.90 Å². The van der Waals surface area contributed by atoms with Crippen LogP contribution < -0.4 is 15.0 Å². The summed E-state index contributed by atoms with van der Waals surface area (Å²) >= 11 is 10.5. The molecule has 11 heteroatoms. The van der Waals surface area contributed by atoms with Gasteiger partial charge in [0.25, 0.3) is 5.91 Å². The molecule has 2 aromatic rings. The van der Waals surface area contributed by atoms with E-state index in [1.54, 1.807) is 29.2 Å². The van der Waals surface area contributed by atoms with Crippen LogP contribution in [-0.4, -0.2) is 48.2 Å². The second-order valence-corrected chi connectivity index (χ2v) is 8.11. The van der Waals surface area contributed by atoms with E-state index in [4.69, 9.17) is 28.6 Å². The number of hydrogen-bond acceptors (Lipinski definition) is 4. The molecule has 0 bridgehead atoms. The normalized spacial score (nSPS) is 14.0. The molecule has 1 fully saturated rings. The first kappa shape index (κ1) is 24.1. The molecular weight excluding hydrogens is 470 g/mol. The number of piperazine rings is 1. The van der Waals surface area contributed by atoms with Crippen molar-refractivity contribution in [2.45, 2.75) is 20.0 Å². The number of ether oxygens (including phenoxy) is 1. The third kappa shape index (κ3) is 5.07. The Bertz CT molecular complexity index is 1000. The third-order valence-corrected chi connectivity index (χ3v) is 5.47. The van der Waals surface area contributed by atoms with Crippen LogP contribution in [0.25, 0.3) is 0 Å². The highest BCUT2D eigenvalue weighted by Crippen LogP contribution is 2.33.